The third-order valence-electron chi connectivity index (χ3n) is 4.72. The normalized spacial score (nSPS) is 16.1. The van der Waals surface area contributed by atoms with Crippen LogP contribution in [0.25, 0.3) is 0 Å². The summed E-state index contributed by atoms with van der Waals surface area (Å²) in [7, 11) is 2.00. The number of hydrogen-bond acceptors (Lipinski definition) is 5. The Kier molecular flexibility index (Phi) is 5.60. The summed E-state index contributed by atoms with van der Waals surface area (Å²) in [6.07, 6.45) is 3.50. The van der Waals surface area contributed by atoms with Crippen molar-refractivity contribution in [3.63, 3.8) is 0 Å². The Bertz CT molecular complexity index is 671. The molecule has 3 rings (SSSR count). The van der Waals surface area contributed by atoms with E-state index in [1.807, 2.05) is 48.3 Å². The molecule has 2 aromatic rings. The summed E-state index contributed by atoms with van der Waals surface area (Å²) in [5.74, 6) is 0.907. The molecule has 1 amide bonds. The van der Waals surface area contributed by atoms with Crippen LogP contribution >= 0.6 is 0 Å². The van der Waals surface area contributed by atoms with E-state index in [2.05, 4.69) is 26.7 Å². The summed E-state index contributed by atoms with van der Waals surface area (Å²) in [4.78, 5) is 28.0. The van der Waals surface area contributed by atoms with Gasteiger partial charge in [-0.25, -0.2) is 9.97 Å². The van der Waals surface area contributed by atoms with Crippen molar-refractivity contribution in [2.24, 2.45) is 0 Å². The van der Waals surface area contributed by atoms with E-state index in [9.17, 15) is 4.79 Å². The highest BCUT2D eigenvalue weighted by Crippen LogP contribution is 2.23. The third-order valence-corrected chi connectivity index (χ3v) is 4.72. The molecular weight excluding hydrogens is 314 g/mol. The van der Waals surface area contributed by atoms with Crippen molar-refractivity contribution in [1.82, 2.24) is 19.8 Å². The average molecular weight is 339 g/mol. The van der Waals surface area contributed by atoms with Crippen LogP contribution in [0.3, 0.4) is 0 Å². The van der Waals surface area contributed by atoms with Crippen molar-refractivity contribution in [3.05, 3.63) is 54.4 Å². The van der Waals surface area contributed by atoms with Gasteiger partial charge in [0, 0.05) is 38.6 Å². The Labute approximate surface area is 149 Å². The smallest absolute Gasteiger partial charge is 0.244 e. The zero-order valence-electron chi connectivity index (χ0n) is 14.9. The van der Waals surface area contributed by atoms with Crippen molar-refractivity contribution in [1.29, 1.82) is 0 Å². The van der Waals surface area contributed by atoms with Gasteiger partial charge in [0.15, 0.2) is 0 Å². The number of benzene rings is 1. The predicted molar refractivity (Wildman–Crippen MR) is 98.3 cm³/mol. The quantitative estimate of drug-likeness (QED) is 0.832. The van der Waals surface area contributed by atoms with Gasteiger partial charge in [-0.2, -0.15) is 0 Å². The van der Waals surface area contributed by atoms with E-state index < -0.39 is 0 Å². The minimum Gasteiger partial charge on any atom is -0.337 e. The highest BCUT2D eigenvalue weighted by atomic mass is 16.2. The fourth-order valence-electron chi connectivity index (χ4n) is 3.16. The first-order valence-corrected chi connectivity index (χ1v) is 8.76. The van der Waals surface area contributed by atoms with Crippen molar-refractivity contribution in [2.45, 2.75) is 13.0 Å². The van der Waals surface area contributed by atoms with Crippen LogP contribution in [-0.2, 0) is 4.79 Å². The summed E-state index contributed by atoms with van der Waals surface area (Å²) < 4.78 is 0. The van der Waals surface area contributed by atoms with Crippen LogP contribution in [0.2, 0.25) is 0 Å². The summed E-state index contributed by atoms with van der Waals surface area (Å²) in [5, 5.41) is 0. The predicted octanol–water partition coefficient (Wildman–Crippen LogP) is 1.82. The van der Waals surface area contributed by atoms with Crippen molar-refractivity contribution < 1.29 is 4.79 Å². The summed E-state index contributed by atoms with van der Waals surface area (Å²) in [6, 6.07) is 11.6. The molecule has 25 heavy (non-hydrogen) atoms. The molecule has 132 valence electrons. The van der Waals surface area contributed by atoms with Gasteiger partial charge in [-0.15, -0.1) is 0 Å². The van der Waals surface area contributed by atoms with Gasteiger partial charge >= 0.3 is 0 Å². The lowest BCUT2D eigenvalue weighted by Gasteiger charge is -2.38. The Hall–Kier alpha value is -2.47. The SMILES string of the molecule is CCN(C)[C@@H](C(=O)N1CCN(c2ncccn2)CC1)c1ccccc1. The van der Waals surface area contributed by atoms with Crippen LogP contribution in [0.5, 0.6) is 0 Å². The standard InChI is InChI=1S/C19H25N5O/c1-3-22(2)17(16-8-5-4-6-9-16)18(25)23-12-14-24(15-13-23)19-20-10-7-11-21-19/h4-11,17H,3,12-15H2,1-2H3/t17-/m1/s1. The van der Waals surface area contributed by atoms with Gasteiger partial charge < -0.3 is 9.80 Å². The Morgan fingerprint density at radius 1 is 1.08 bits per heavy atom. The minimum absolute atomic E-state index is 0.171. The third kappa shape index (κ3) is 3.96. The van der Waals surface area contributed by atoms with Crippen LogP contribution in [-0.4, -0.2) is 65.4 Å². The zero-order chi connectivity index (χ0) is 17.6. The zero-order valence-corrected chi connectivity index (χ0v) is 14.9. The fraction of sp³-hybridized carbons (Fsp3) is 0.421. The number of anilines is 1. The van der Waals surface area contributed by atoms with E-state index in [4.69, 9.17) is 0 Å². The van der Waals surface area contributed by atoms with E-state index >= 15 is 0 Å². The molecule has 0 radical (unpaired) electrons. The monoisotopic (exact) mass is 339 g/mol. The van der Waals surface area contributed by atoms with Crippen molar-refractivity contribution in [3.8, 4) is 0 Å². The number of likely N-dealkylation sites (N-methyl/N-ethyl adjacent to an activating group) is 1. The van der Waals surface area contributed by atoms with E-state index in [0.717, 1.165) is 31.1 Å². The largest absolute Gasteiger partial charge is 0.337 e. The number of rotatable bonds is 5. The molecular formula is C19H25N5O. The van der Waals surface area contributed by atoms with E-state index in [1.165, 1.54) is 0 Å². The number of aromatic nitrogens is 2. The van der Waals surface area contributed by atoms with Gasteiger partial charge in [0.05, 0.1) is 0 Å². The molecule has 1 fully saturated rings. The number of hydrogen-bond donors (Lipinski definition) is 0. The maximum atomic E-state index is 13.2. The van der Waals surface area contributed by atoms with Gasteiger partial charge in [-0.05, 0) is 25.2 Å². The first-order chi connectivity index (χ1) is 12.2. The van der Waals surface area contributed by atoms with Crippen LogP contribution in [0.15, 0.2) is 48.8 Å². The lowest BCUT2D eigenvalue weighted by molar-refractivity contribution is -0.137. The molecule has 2 heterocycles. The molecule has 0 saturated carbocycles. The summed E-state index contributed by atoms with van der Waals surface area (Å²) >= 11 is 0. The van der Waals surface area contributed by atoms with E-state index in [0.29, 0.717) is 13.1 Å². The second-order valence-electron chi connectivity index (χ2n) is 6.25. The number of carbonyl (C=O) groups excluding carboxylic acids is 1. The van der Waals surface area contributed by atoms with Gasteiger partial charge in [0.2, 0.25) is 11.9 Å². The fourth-order valence-corrected chi connectivity index (χ4v) is 3.16. The molecule has 0 bridgehead atoms. The molecule has 1 aliphatic heterocycles. The van der Waals surface area contributed by atoms with Gasteiger partial charge in [-0.3, -0.25) is 9.69 Å². The first-order valence-electron chi connectivity index (χ1n) is 8.76. The van der Waals surface area contributed by atoms with Crippen molar-refractivity contribution >= 4 is 11.9 Å². The molecule has 0 aliphatic carbocycles. The maximum Gasteiger partial charge on any atom is 0.244 e. The maximum absolute atomic E-state index is 13.2. The Morgan fingerprint density at radius 3 is 2.32 bits per heavy atom. The number of piperazine rings is 1. The second-order valence-corrected chi connectivity index (χ2v) is 6.25. The highest BCUT2D eigenvalue weighted by Gasteiger charge is 2.31. The second kappa shape index (κ2) is 8.07. The van der Waals surface area contributed by atoms with Crippen molar-refractivity contribution in [2.75, 3.05) is 44.7 Å². The molecule has 0 unspecified atom stereocenters. The molecule has 1 aliphatic rings. The van der Waals surface area contributed by atoms with Crippen LogP contribution in [0.4, 0.5) is 5.95 Å². The molecule has 1 aromatic carbocycles. The first kappa shape index (κ1) is 17.4. The molecule has 1 aromatic heterocycles. The van der Waals surface area contributed by atoms with Crippen LogP contribution < -0.4 is 4.90 Å². The topological polar surface area (TPSA) is 52.6 Å². The lowest BCUT2D eigenvalue weighted by atomic mass is 10.0. The van der Waals surface area contributed by atoms with Gasteiger partial charge in [0.1, 0.15) is 6.04 Å². The number of nitrogens with zero attached hydrogens (tertiary/aromatic N) is 5. The minimum atomic E-state index is -0.231. The highest BCUT2D eigenvalue weighted by molar-refractivity contribution is 5.83. The molecule has 1 saturated heterocycles. The number of carbonyl (C=O) groups is 1. The number of amides is 1. The summed E-state index contributed by atoms with van der Waals surface area (Å²) in [5.41, 5.74) is 1.05. The molecule has 6 heteroatoms. The molecule has 0 spiro atoms. The average Bonchev–Trinajstić information content (AvgIpc) is 2.69. The Balaban J connectivity index is 1.69. The lowest BCUT2D eigenvalue weighted by Crippen LogP contribution is -2.52. The van der Waals surface area contributed by atoms with Crippen LogP contribution in [0.1, 0.15) is 18.5 Å². The Morgan fingerprint density at radius 2 is 1.72 bits per heavy atom. The molecule has 6 nitrogen and oxygen atoms in total. The van der Waals surface area contributed by atoms with Gasteiger partial charge in [0.25, 0.3) is 0 Å². The van der Waals surface area contributed by atoms with Crippen LogP contribution in [0, 0.1) is 0 Å². The van der Waals surface area contributed by atoms with E-state index in [1.54, 1.807) is 12.4 Å². The van der Waals surface area contributed by atoms with E-state index in [-0.39, 0.29) is 11.9 Å². The molecule has 1 atom stereocenters. The summed E-state index contributed by atoms with van der Waals surface area (Å²) in [6.45, 7) is 5.80. The molecule has 0 N–H and O–H groups in total. The van der Waals surface area contributed by atoms with Gasteiger partial charge in [-0.1, -0.05) is 37.3 Å².